The molecule has 1 aliphatic carbocycles. The number of ether oxygens (including phenoxy) is 1. The molecule has 0 saturated heterocycles. The number of rotatable bonds is 2. The molecule has 0 amide bonds. The Kier molecular flexibility index (Phi) is 4.35. The number of hydrogen-bond acceptors (Lipinski definition) is 3. The highest BCUT2D eigenvalue weighted by Crippen LogP contribution is 2.37. The summed E-state index contributed by atoms with van der Waals surface area (Å²) in [5, 5.41) is 0. The van der Waals surface area contributed by atoms with E-state index in [-0.39, 0.29) is 22.5 Å². The number of pyridine rings is 1. The molecule has 106 valence electrons. The number of nitrogens with zero attached hydrogens (tertiary/aromatic N) is 1. The van der Waals surface area contributed by atoms with E-state index in [0.29, 0.717) is 12.8 Å². The van der Waals surface area contributed by atoms with Gasteiger partial charge in [-0.25, -0.2) is 4.98 Å². The van der Waals surface area contributed by atoms with E-state index in [9.17, 15) is 13.2 Å². The van der Waals surface area contributed by atoms with E-state index >= 15 is 0 Å². The highest BCUT2D eigenvalue weighted by atomic mass is 79.9. The molecule has 2 atom stereocenters. The van der Waals surface area contributed by atoms with E-state index in [1.54, 1.807) is 0 Å². The lowest BCUT2D eigenvalue weighted by Gasteiger charge is -2.27. The second-order valence-corrected chi connectivity index (χ2v) is 5.59. The molecule has 1 aromatic heterocycles. The molecular weight excluding hydrogens is 325 g/mol. The molecule has 1 fully saturated rings. The third-order valence-electron chi connectivity index (χ3n) is 3.07. The normalized spacial score (nSPS) is 24.3. The van der Waals surface area contributed by atoms with Crippen LogP contribution in [-0.4, -0.2) is 17.1 Å². The molecule has 0 aliphatic heterocycles. The Morgan fingerprint density at radius 3 is 2.74 bits per heavy atom. The van der Waals surface area contributed by atoms with Crippen molar-refractivity contribution in [3.63, 3.8) is 0 Å². The lowest BCUT2D eigenvalue weighted by atomic mass is 9.93. The minimum absolute atomic E-state index is 0.0106. The highest BCUT2D eigenvalue weighted by Gasteiger charge is 2.36. The van der Waals surface area contributed by atoms with E-state index in [1.807, 2.05) is 0 Å². The zero-order chi connectivity index (χ0) is 14.0. The number of aromatic nitrogens is 1. The summed E-state index contributed by atoms with van der Waals surface area (Å²) in [5.74, 6) is -0.366. The third kappa shape index (κ3) is 3.82. The van der Waals surface area contributed by atoms with Gasteiger partial charge in [0.2, 0.25) is 5.88 Å². The molecule has 0 aromatic carbocycles. The van der Waals surface area contributed by atoms with Crippen molar-refractivity contribution >= 4 is 15.9 Å². The summed E-state index contributed by atoms with van der Waals surface area (Å²) in [7, 11) is 0. The molecule has 1 heterocycles. The fraction of sp³-hybridized carbons (Fsp3) is 0.583. The van der Waals surface area contributed by atoms with E-state index < -0.39 is 11.7 Å². The quantitative estimate of drug-likeness (QED) is 0.897. The van der Waals surface area contributed by atoms with Gasteiger partial charge in [-0.15, -0.1) is 0 Å². The average molecular weight is 339 g/mol. The molecular formula is C12H14BrF3N2O. The Hall–Kier alpha value is -0.820. The molecule has 0 radical (unpaired) electrons. The summed E-state index contributed by atoms with van der Waals surface area (Å²) in [5.41, 5.74) is 4.94. The standard InChI is InChI=1S/C12H14BrF3N2O/c13-7-4-10(12(14,15)16)11(18-6-7)19-9-3-1-2-8(17)5-9/h4,6,8-9H,1-3,5,17H2. The molecule has 19 heavy (non-hydrogen) atoms. The first-order valence-corrected chi connectivity index (χ1v) is 6.80. The second kappa shape index (κ2) is 5.66. The maximum Gasteiger partial charge on any atom is 0.421 e. The summed E-state index contributed by atoms with van der Waals surface area (Å²) >= 11 is 2.99. The van der Waals surface area contributed by atoms with Gasteiger partial charge < -0.3 is 10.5 Å². The van der Waals surface area contributed by atoms with E-state index in [1.165, 1.54) is 6.20 Å². The van der Waals surface area contributed by atoms with Gasteiger partial charge in [0.1, 0.15) is 11.7 Å². The van der Waals surface area contributed by atoms with Crippen molar-refractivity contribution in [2.24, 2.45) is 5.73 Å². The van der Waals surface area contributed by atoms with Gasteiger partial charge in [-0.3, -0.25) is 0 Å². The van der Waals surface area contributed by atoms with Gasteiger partial charge in [-0.1, -0.05) is 0 Å². The van der Waals surface area contributed by atoms with Gasteiger partial charge in [0.15, 0.2) is 0 Å². The third-order valence-corrected chi connectivity index (χ3v) is 3.50. The highest BCUT2D eigenvalue weighted by molar-refractivity contribution is 9.10. The van der Waals surface area contributed by atoms with Crippen LogP contribution in [0.3, 0.4) is 0 Å². The van der Waals surface area contributed by atoms with Gasteiger partial charge in [0, 0.05) is 16.7 Å². The van der Waals surface area contributed by atoms with Crippen LogP contribution < -0.4 is 10.5 Å². The van der Waals surface area contributed by atoms with Crippen molar-refractivity contribution in [2.75, 3.05) is 0 Å². The second-order valence-electron chi connectivity index (χ2n) is 4.67. The first-order valence-electron chi connectivity index (χ1n) is 6.01. The fourth-order valence-electron chi connectivity index (χ4n) is 2.17. The number of alkyl halides is 3. The molecule has 0 bridgehead atoms. The molecule has 2 unspecified atom stereocenters. The molecule has 3 nitrogen and oxygen atoms in total. The predicted octanol–water partition coefficient (Wildman–Crippen LogP) is 3.51. The van der Waals surface area contributed by atoms with Crippen molar-refractivity contribution in [1.82, 2.24) is 4.98 Å². The van der Waals surface area contributed by atoms with Crippen LogP contribution in [0, 0.1) is 0 Å². The molecule has 1 saturated carbocycles. The number of halogens is 4. The van der Waals surface area contributed by atoms with Crippen LogP contribution >= 0.6 is 15.9 Å². The summed E-state index contributed by atoms with van der Waals surface area (Å²) in [6.07, 6.45) is -0.448. The van der Waals surface area contributed by atoms with Crippen LogP contribution in [0.5, 0.6) is 5.88 Å². The fourth-order valence-corrected chi connectivity index (χ4v) is 2.50. The van der Waals surface area contributed by atoms with Gasteiger partial charge >= 0.3 is 6.18 Å². The molecule has 2 N–H and O–H groups in total. The van der Waals surface area contributed by atoms with Crippen LogP contribution in [-0.2, 0) is 6.18 Å². The lowest BCUT2D eigenvalue weighted by molar-refractivity contribution is -0.139. The maximum atomic E-state index is 12.9. The molecule has 1 aliphatic rings. The topological polar surface area (TPSA) is 48.1 Å². The summed E-state index contributed by atoms with van der Waals surface area (Å²) in [6.45, 7) is 0. The van der Waals surface area contributed by atoms with Crippen molar-refractivity contribution < 1.29 is 17.9 Å². The van der Waals surface area contributed by atoms with E-state index in [4.69, 9.17) is 10.5 Å². The Labute approximate surface area is 117 Å². The Morgan fingerprint density at radius 1 is 1.37 bits per heavy atom. The van der Waals surface area contributed by atoms with Gasteiger partial charge in [-0.2, -0.15) is 13.2 Å². The largest absolute Gasteiger partial charge is 0.474 e. The van der Waals surface area contributed by atoms with E-state index in [2.05, 4.69) is 20.9 Å². The predicted molar refractivity (Wildman–Crippen MR) is 67.8 cm³/mol. The minimum atomic E-state index is -4.48. The summed E-state index contributed by atoms with van der Waals surface area (Å²) < 4.78 is 44.4. The SMILES string of the molecule is NC1CCCC(Oc2ncc(Br)cc2C(F)(F)F)C1. The Morgan fingerprint density at radius 2 is 2.11 bits per heavy atom. The van der Waals surface area contributed by atoms with Crippen molar-refractivity contribution in [2.45, 2.75) is 44.0 Å². The van der Waals surface area contributed by atoms with Crippen LogP contribution in [0.1, 0.15) is 31.2 Å². The van der Waals surface area contributed by atoms with Crippen LogP contribution in [0.4, 0.5) is 13.2 Å². The summed E-state index contributed by atoms with van der Waals surface area (Å²) in [6, 6.07) is 0.967. The van der Waals surface area contributed by atoms with Gasteiger partial charge in [0.05, 0.1) is 0 Å². The zero-order valence-corrected chi connectivity index (χ0v) is 11.7. The van der Waals surface area contributed by atoms with Crippen molar-refractivity contribution in [1.29, 1.82) is 0 Å². The van der Waals surface area contributed by atoms with E-state index in [0.717, 1.165) is 18.9 Å². The van der Waals surface area contributed by atoms with Gasteiger partial charge in [0.25, 0.3) is 0 Å². The molecule has 0 spiro atoms. The number of nitrogens with two attached hydrogens (primary N) is 1. The molecule has 2 rings (SSSR count). The molecule has 1 aromatic rings. The monoisotopic (exact) mass is 338 g/mol. The maximum absolute atomic E-state index is 12.9. The Balaban J connectivity index is 2.20. The van der Waals surface area contributed by atoms with Crippen molar-refractivity contribution in [3.8, 4) is 5.88 Å². The first kappa shape index (κ1) is 14.6. The zero-order valence-electron chi connectivity index (χ0n) is 10.1. The Bertz CT molecular complexity index is 453. The average Bonchev–Trinajstić information content (AvgIpc) is 2.30. The van der Waals surface area contributed by atoms with Crippen LogP contribution in [0.15, 0.2) is 16.7 Å². The summed E-state index contributed by atoms with van der Waals surface area (Å²) in [4.78, 5) is 3.73. The van der Waals surface area contributed by atoms with Crippen LogP contribution in [0.2, 0.25) is 0 Å². The van der Waals surface area contributed by atoms with Gasteiger partial charge in [-0.05, 0) is 47.7 Å². The lowest BCUT2D eigenvalue weighted by Crippen LogP contribution is -2.34. The molecule has 7 heteroatoms. The number of hydrogen-bond donors (Lipinski definition) is 1. The van der Waals surface area contributed by atoms with Crippen molar-refractivity contribution in [3.05, 3.63) is 22.3 Å². The minimum Gasteiger partial charge on any atom is -0.474 e. The first-order chi connectivity index (χ1) is 8.86. The smallest absolute Gasteiger partial charge is 0.421 e. The van der Waals surface area contributed by atoms with Crippen LogP contribution in [0.25, 0.3) is 0 Å².